The van der Waals surface area contributed by atoms with E-state index in [2.05, 4.69) is 0 Å². The second kappa shape index (κ2) is 9.63. The first-order valence-corrected chi connectivity index (χ1v) is 11.5. The summed E-state index contributed by atoms with van der Waals surface area (Å²) in [6.07, 6.45) is 6.63. The summed E-state index contributed by atoms with van der Waals surface area (Å²) in [4.78, 5) is 12.6. The van der Waals surface area contributed by atoms with E-state index in [4.69, 9.17) is 4.74 Å². The Morgan fingerprint density at radius 2 is 1.28 bits per heavy atom. The van der Waals surface area contributed by atoms with Crippen molar-refractivity contribution in [2.45, 2.75) is 76.5 Å². The van der Waals surface area contributed by atoms with E-state index in [0.717, 1.165) is 32.1 Å². The van der Waals surface area contributed by atoms with Gasteiger partial charge < -0.3 is 4.74 Å². The molecule has 0 atom stereocenters. The standard InChI is InChI=1S/C26H28F4O2/c1-15-7-12-19(23(28)22(15)27)17-8-10-18(11-9-17)26(31)32-21-14-13-20(24(29)25(21)30)16-5-3-2-4-6-16/h7,12-14,16-18H,2-6,8-11H2,1H3. The number of ether oxygens (including phenoxy) is 1. The minimum atomic E-state index is -1.12. The number of hydrogen-bond acceptors (Lipinski definition) is 2. The monoisotopic (exact) mass is 448 g/mol. The van der Waals surface area contributed by atoms with Gasteiger partial charge in [-0.1, -0.05) is 37.5 Å². The van der Waals surface area contributed by atoms with Crippen LogP contribution in [0.15, 0.2) is 24.3 Å². The van der Waals surface area contributed by atoms with E-state index in [1.54, 1.807) is 12.1 Å². The van der Waals surface area contributed by atoms with Gasteiger partial charge in [-0.3, -0.25) is 4.79 Å². The molecule has 0 bridgehead atoms. The first kappa shape index (κ1) is 22.8. The number of benzene rings is 2. The van der Waals surface area contributed by atoms with E-state index < -0.39 is 35.2 Å². The van der Waals surface area contributed by atoms with Crippen LogP contribution in [0.2, 0.25) is 0 Å². The van der Waals surface area contributed by atoms with Crippen LogP contribution < -0.4 is 4.74 Å². The molecule has 0 radical (unpaired) electrons. The molecule has 0 saturated heterocycles. The lowest BCUT2D eigenvalue weighted by atomic mass is 9.78. The smallest absolute Gasteiger partial charge is 0.314 e. The molecule has 4 rings (SSSR count). The number of rotatable bonds is 4. The average Bonchev–Trinajstić information content (AvgIpc) is 2.81. The molecular weight excluding hydrogens is 420 g/mol. The Balaban J connectivity index is 1.39. The third-order valence-corrected chi connectivity index (χ3v) is 7.14. The lowest BCUT2D eigenvalue weighted by molar-refractivity contribution is -0.140. The molecular formula is C26H28F4O2. The minimum absolute atomic E-state index is 0.00489. The number of esters is 1. The Kier molecular flexibility index (Phi) is 6.87. The van der Waals surface area contributed by atoms with Gasteiger partial charge in [0.05, 0.1) is 5.92 Å². The van der Waals surface area contributed by atoms with Crippen LogP contribution in [0.3, 0.4) is 0 Å². The largest absolute Gasteiger partial charge is 0.423 e. The molecule has 0 N–H and O–H groups in total. The van der Waals surface area contributed by atoms with E-state index in [9.17, 15) is 22.4 Å². The zero-order valence-electron chi connectivity index (χ0n) is 18.2. The molecule has 2 aliphatic carbocycles. The van der Waals surface area contributed by atoms with Gasteiger partial charge in [-0.2, -0.15) is 4.39 Å². The highest BCUT2D eigenvalue weighted by atomic mass is 19.2. The molecule has 2 aromatic carbocycles. The Bertz CT molecular complexity index is 990. The molecule has 0 aliphatic heterocycles. The van der Waals surface area contributed by atoms with E-state index in [1.165, 1.54) is 19.1 Å². The van der Waals surface area contributed by atoms with Gasteiger partial charge in [0.2, 0.25) is 5.82 Å². The number of halogens is 4. The fraction of sp³-hybridized carbons (Fsp3) is 0.500. The highest BCUT2D eigenvalue weighted by Crippen LogP contribution is 2.39. The van der Waals surface area contributed by atoms with E-state index in [0.29, 0.717) is 36.8 Å². The summed E-state index contributed by atoms with van der Waals surface area (Å²) in [5, 5.41) is 0. The molecule has 2 saturated carbocycles. The van der Waals surface area contributed by atoms with Crippen molar-refractivity contribution in [3.05, 3.63) is 64.2 Å². The van der Waals surface area contributed by atoms with E-state index in [1.807, 2.05) is 0 Å². The van der Waals surface area contributed by atoms with Crippen LogP contribution in [0.1, 0.15) is 86.3 Å². The molecule has 0 spiro atoms. The van der Waals surface area contributed by atoms with Gasteiger partial charge in [0, 0.05) is 0 Å². The van der Waals surface area contributed by atoms with E-state index in [-0.39, 0.29) is 23.1 Å². The fourth-order valence-corrected chi connectivity index (χ4v) is 5.16. The number of carbonyl (C=O) groups is 1. The van der Waals surface area contributed by atoms with Gasteiger partial charge in [-0.25, -0.2) is 13.2 Å². The zero-order valence-corrected chi connectivity index (χ0v) is 18.2. The van der Waals surface area contributed by atoms with Crippen LogP contribution in [0.5, 0.6) is 5.75 Å². The summed E-state index contributed by atoms with van der Waals surface area (Å²) in [6, 6.07) is 6.03. The van der Waals surface area contributed by atoms with Crippen LogP contribution >= 0.6 is 0 Å². The molecule has 2 aliphatic rings. The lowest BCUT2D eigenvalue weighted by Gasteiger charge is -2.28. The highest BCUT2D eigenvalue weighted by Gasteiger charge is 2.31. The molecule has 0 heterocycles. The maximum atomic E-state index is 14.6. The molecule has 2 aromatic rings. The minimum Gasteiger partial charge on any atom is -0.423 e. The highest BCUT2D eigenvalue weighted by molar-refractivity contribution is 5.75. The molecule has 0 aromatic heterocycles. The van der Waals surface area contributed by atoms with Crippen molar-refractivity contribution >= 4 is 5.97 Å². The first-order valence-electron chi connectivity index (χ1n) is 11.5. The van der Waals surface area contributed by atoms with Crippen molar-refractivity contribution in [3.8, 4) is 5.75 Å². The van der Waals surface area contributed by atoms with Crippen LogP contribution in [-0.4, -0.2) is 5.97 Å². The second-order valence-corrected chi connectivity index (χ2v) is 9.19. The number of hydrogen-bond donors (Lipinski definition) is 0. The summed E-state index contributed by atoms with van der Waals surface area (Å²) < 4.78 is 62.7. The van der Waals surface area contributed by atoms with Gasteiger partial charge in [0.25, 0.3) is 0 Å². The Labute approximate surface area is 186 Å². The second-order valence-electron chi connectivity index (χ2n) is 9.19. The molecule has 32 heavy (non-hydrogen) atoms. The van der Waals surface area contributed by atoms with Crippen molar-refractivity contribution in [2.75, 3.05) is 0 Å². The number of carbonyl (C=O) groups excluding carboxylic acids is 1. The Hall–Kier alpha value is -2.37. The van der Waals surface area contributed by atoms with Crippen molar-refractivity contribution in [1.29, 1.82) is 0 Å². The van der Waals surface area contributed by atoms with Crippen molar-refractivity contribution in [3.63, 3.8) is 0 Å². The first-order chi connectivity index (χ1) is 15.4. The van der Waals surface area contributed by atoms with Gasteiger partial charge in [-0.05, 0) is 80.0 Å². The predicted octanol–water partition coefficient (Wildman–Crippen LogP) is 7.48. The van der Waals surface area contributed by atoms with Crippen LogP contribution in [0, 0.1) is 36.1 Å². The van der Waals surface area contributed by atoms with Crippen LogP contribution in [0.4, 0.5) is 17.6 Å². The van der Waals surface area contributed by atoms with Gasteiger partial charge in [-0.15, -0.1) is 0 Å². The molecule has 2 nitrogen and oxygen atoms in total. The third kappa shape index (κ3) is 4.55. The van der Waals surface area contributed by atoms with Crippen LogP contribution in [-0.2, 0) is 4.79 Å². The number of aryl methyl sites for hydroxylation is 1. The fourth-order valence-electron chi connectivity index (χ4n) is 5.16. The SMILES string of the molecule is Cc1ccc(C2CCC(C(=O)Oc3ccc(C4CCCCC4)c(F)c3F)CC2)c(F)c1F. The van der Waals surface area contributed by atoms with Crippen LogP contribution in [0.25, 0.3) is 0 Å². The third-order valence-electron chi connectivity index (χ3n) is 7.14. The topological polar surface area (TPSA) is 26.3 Å². The molecule has 172 valence electrons. The quantitative estimate of drug-likeness (QED) is 0.275. The predicted molar refractivity (Wildman–Crippen MR) is 114 cm³/mol. The maximum Gasteiger partial charge on any atom is 0.314 e. The summed E-state index contributed by atoms with van der Waals surface area (Å²) >= 11 is 0. The van der Waals surface area contributed by atoms with Gasteiger partial charge >= 0.3 is 5.97 Å². The van der Waals surface area contributed by atoms with Gasteiger partial charge in [0.15, 0.2) is 23.2 Å². The van der Waals surface area contributed by atoms with E-state index >= 15 is 0 Å². The summed E-state index contributed by atoms with van der Waals surface area (Å²) in [7, 11) is 0. The Morgan fingerprint density at radius 1 is 0.719 bits per heavy atom. The van der Waals surface area contributed by atoms with Crippen molar-refractivity contribution in [2.24, 2.45) is 5.92 Å². The average molecular weight is 449 g/mol. The van der Waals surface area contributed by atoms with Crippen molar-refractivity contribution < 1.29 is 27.1 Å². The summed E-state index contributed by atoms with van der Waals surface area (Å²) in [5.41, 5.74) is 0.938. The lowest BCUT2D eigenvalue weighted by Crippen LogP contribution is -2.26. The molecule has 2 fully saturated rings. The molecule has 0 unspecified atom stereocenters. The maximum absolute atomic E-state index is 14.6. The molecule has 0 amide bonds. The summed E-state index contributed by atoms with van der Waals surface area (Å²) in [6.45, 7) is 1.51. The summed E-state index contributed by atoms with van der Waals surface area (Å²) in [5.74, 6) is -5.36. The Morgan fingerprint density at radius 3 is 1.94 bits per heavy atom. The normalized spacial score (nSPS) is 22.0. The zero-order chi connectivity index (χ0) is 22.8. The van der Waals surface area contributed by atoms with Crippen molar-refractivity contribution in [1.82, 2.24) is 0 Å². The van der Waals surface area contributed by atoms with Gasteiger partial charge in [0.1, 0.15) is 0 Å². The molecule has 6 heteroatoms.